The van der Waals surface area contributed by atoms with Gasteiger partial charge in [-0.05, 0) is 31.0 Å². The number of benzene rings is 1. The van der Waals surface area contributed by atoms with Crippen LogP contribution in [0.4, 0.5) is 4.79 Å². The zero-order valence-electron chi connectivity index (χ0n) is 15.7. The summed E-state index contributed by atoms with van der Waals surface area (Å²) in [4.78, 5) is 45.3. The normalized spacial score (nSPS) is 13.4. The zero-order chi connectivity index (χ0) is 20.5. The van der Waals surface area contributed by atoms with Gasteiger partial charge in [0.1, 0.15) is 4.83 Å². The lowest BCUT2D eigenvalue weighted by atomic mass is 10.1. The van der Waals surface area contributed by atoms with Crippen LogP contribution >= 0.6 is 27.3 Å². The number of aromatic nitrogens is 2. The van der Waals surface area contributed by atoms with Gasteiger partial charge in [-0.25, -0.2) is 9.78 Å². The van der Waals surface area contributed by atoms with Crippen molar-refractivity contribution in [1.29, 1.82) is 0 Å². The van der Waals surface area contributed by atoms with E-state index in [2.05, 4.69) is 20.9 Å². The van der Waals surface area contributed by atoms with Crippen molar-refractivity contribution in [1.82, 2.24) is 14.5 Å². The summed E-state index contributed by atoms with van der Waals surface area (Å²) in [6.07, 6.45) is 1.64. The molecule has 2 aromatic heterocycles. The Kier molecular flexibility index (Phi) is 5.51. The summed E-state index contributed by atoms with van der Waals surface area (Å²) >= 11 is 4.76. The molecule has 1 aliphatic heterocycles. The van der Waals surface area contributed by atoms with Gasteiger partial charge in [-0.3, -0.25) is 14.2 Å². The molecule has 0 atom stereocenters. The van der Waals surface area contributed by atoms with Crippen LogP contribution in [0.25, 0.3) is 10.2 Å². The smallest absolute Gasteiger partial charge is 0.410 e. The third-order valence-corrected chi connectivity index (χ3v) is 6.49. The number of Topliss-reactive ketones (excluding diaryl/α,β-unsaturated/α-hetero) is 1. The van der Waals surface area contributed by atoms with E-state index in [-0.39, 0.29) is 24.0 Å². The molecule has 0 bridgehead atoms. The number of nitrogens with zero attached hydrogens (tertiary/aromatic N) is 3. The minimum atomic E-state index is -0.346. The average molecular weight is 476 g/mol. The van der Waals surface area contributed by atoms with Crippen LogP contribution in [0.1, 0.15) is 27.7 Å². The molecule has 29 heavy (non-hydrogen) atoms. The number of fused-ring (bicyclic) bond motifs is 3. The summed E-state index contributed by atoms with van der Waals surface area (Å²) < 4.78 is 7.32. The summed E-state index contributed by atoms with van der Waals surface area (Å²) in [7, 11) is 0. The molecular formula is C20H18BrN3O4S. The first-order valence-electron chi connectivity index (χ1n) is 9.18. The summed E-state index contributed by atoms with van der Waals surface area (Å²) in [5.41, 5.74) is 1.24. The number of carbonyl (C=O) groups is 2. The number of ketones is 1. The van der Waals surface area contributed by atoms with Crippen LogP contribution in [-0.2, 0) is 24.2 Å². The van der Waals surface area contributed by atoms with E-state index < -0.39 is 0 Å². The highest BCUT2D eigenvalue weighted by Crippen LogP contribution is 2.32. The van der Waals surface area contributed by atoms with Crippen LogP contribution in [0, 0.1) is 0 Å². The molecule has 0 fully saturated rings. The first kappa shape index (κ1) is 19.8. The predicted octanol–water partition coefficient (Wildman–Crippen LogP) is 3.62. The van der Waals surface area contributed by atoms with Gasteiger partial charge >= 0.3 is 6.09 Å². The number of ether oxygens (including phenoxy) is 1. The molecule has 0 aliphatic carbocycles. The summed E-state index contributed by atoms with van der Waals surface area (Å²) in [5.74, 6) is -0.154. The molecule has 1 amide bonds. The molecule has 1 aliphatic rings. The number of rotatable bonds is 4. The highest BCUT2D eigenvalue weighted by Gasteiger charge is 2.27. The Labute approximate surface area is 179 Å². The van der Waals surface area contributed by atoms with E-state index in [1.165, 1.54) is 22.2 Å². The van der Waals surface area contributed by atoms with Crippen molar-refractivity contribution in [2.75, 3.05) is 13.2 Å². The first-order valence-corrected chi connectivity index (χ1v) is 10.8. The second-order valence-corrected chi connectivity index (χ2v) is 8.66. The highest BCUT2D eigenvalue weighted by atomic mass is 79.9. The minimum absolute atomic E-state index is 0.0665. The van der Waals surface area contributed by atoms with Crippen LogP contribution in [-0.4, -0.2) is 39.5 Å². The fourth-order valence-electron chi connectivity index (χ4n) is 3.38. The molecule has 3 heterocycles. The third-order valence-electron chi connectivity index (χ3n) is 4.83. The van der Waals surface area contributed by atoms with E-state index >= 15 is 0 Å². The number of halogens is 1. The van der Waals surface area contributed by atoms with Crippen LogP contribution in [0.2, 0.25) is 0 Å². The van der Waals surface area contributed by atoms with Crippen molar-refractivity contribution < 1.29 is 14.3 Å². The van der Waals surface area contributed by atoms with E-state index in [0.29, 0.717) is 41.9 Å². The Balaban J connectivity index is 1.63. The van der Waals surface area contributed by atoms with Crippen molar-refractivity contribution in [2.45, 2.75) is 26.4 Å². The van der Waals surface area contributed by atoms with E-state index in [1.54, 1.807) is 36.1 Å². The minimum Gasteiger partial charge on any atom is -0.450 e. The zero-order valence-corrected chi connectivity index (χ0v) is 18.1. The standard InChI is InChI=1S/C20H18BrN3O4S/c1-2-28-20(27)23-8-7-14-16(10-23)29-18-17(14)19(26)24(11-22-18)9-15(25)12-3-5-13(21)6-4-12/h3-6,11H,2,7-10H2,1H3. The third kappa shape index (κ3) is 3.84. The molecule has 0 saturated heterocycles. The maximum absolute atomic E-state index is 13.1. The van der Waals surface area contributed by atoms with E-state index in [0.717, 1.165) is 14.9 Å². The SMILES string of the molecule is CCOC(=O)N1CCc2c(sc3ncn(CC(=O)c4ccc(Br)cc4)c(=O)c23)C1. The monoisotopic (exact) mass is 475 g/mol. The number of hydrogen-bond donors (Lipinski definition) is 0. The van der Waals surface area contributed by atoms with E-state index in [1.807, 2.05) is 0 Å². The van der Waals surface area contributed by atoms with Crippen molar-refractivity contribution in [2.24, 2.45) is 0 Å². The lowest BCUT2D eigenvalue weighted by Crippen LogP contribution is -2.36. The second-order valence-electron chi connectivity index (χ2n) is 6.66. The Bertz CT molecular complexity index is 1150. The topological polar surface area (TPSA) is 81.5 Å². The predicted molar refractivity (Wildman–Crippen MR) is 113 cm³/mol. The maximum atomic E-state index is 13.1. The molecule has 3 aromatic rings. The molecule has 9 heteroatoms. The van der Waals surface area contributed by atoms with Crippen LogP contribution in [0.5, 0.6) is 0 Å². The number of amides is 1. The van der Waals surface area contributed by atoms with Gasteiger partial charge in [0.15, 0.2) is 5.78 Å². The van der Waals surface area contributed by atoms with Gasteiger partial charge in [0.25, 0.3) is 5.56 Å². The van der Waals surface area contributed by atoms with Crippen LogP contribution < -0.4 is 5.56 Å². The highest BCUT2D eigenvalue weighted by molar-refractivity contribution is 9.10. The molecular weight excluding hydrogens is 458 g/mol. The quantitative estimate of drug-likeness (QED) is 0.538. The van der Waals surface area contributed by atoms with E-state index in [9.17, 15) is 14.4 Å². The Morgan fingerprint density at radius 2 is 2.03 bits per heavy atom. The van der Waals surface area contributed by atoms with Crippen LogP contribution in [0.15, 0.2) is 39.9 Å². The van der Waals surface area contributed by atoms with Gasteiger partial charge in [-0.15, -0.1) is 11.3 Å². The van der Waals surface area contributed by atoms with Crippen LogP contribution in [0.3, 0.4) is 0 Å². The number of hydrogen-bond acceptors (Lipinski definition) is 6. The molecule has 0 N–H and O–H groups in total. The summed E-state index contributed by atoms with van der Waals surface area (Å²) in [5, 5.41) is 0.555. The molecule has 1 aromatic carbocycles. The van der Waals surface area contributed by atoms with Crippen molar-refractivity contribution in [3.8, 4) is 0 Å². The lowest BCUT2D eigenvalue weighted by molar-refractivity contribution is 0.0969. The van der Waals surface area contributed by atoms with Crippen molar-refractivity contribution >= 4 is 49.4 Å². The Morgan fingerprint density at radius 3 is 2.76 bits per heavy atom. The van der Waals surface area contributed by atoms with Gasteiger partial charge in [-0.1, -0.05) is 28.1 Å². The Hall–Kier alpha value is -2.52. The van der Waals surface area contributed by atoms with Gasteiger partial charge < -0.3 is 9.64 Å². The summed E-state index contributed by atoms with van der Waals surface area (Å²) in [6, 6.07) is 7.03. The molecule has 7 nitrogen and oxygen atoms in total. The summed E-state index contributed by atoms with van der Waals surface area (Å²) in [6.45, 7) is 2.93. The molecule has 0 saturated carbocycles. The largest absolute Gasteiger partial charge is 0.450 e. The van der Waals surface area contributed by atoms with Gasteiger partial charge in [0.05, 0.1) is 31.4 Å². The first-order chi connectivity index (χ1) is 14.0. The van der Waals surface area contributed by atoms with Crippen molar-refractivity contribution in [3.63, 3.8) is 0 Å². The second kappa shape index (κ2) is 8.08. The average Bonchev–Trinajstić information content (AvgIpc) is 3.09. The number of carbonyl (C=O) groups excluding carboxylic acids is 2. The van der Waals surface area contributed by atoms with Gasteiger partial charge in [-0.2, -0.15) is 0 Å². The fraction of sp³-hybridized carbons (Fsp3) is 0.300. The molecule has 0 unspecified atom stereocenters. The maximum Gasteiger partial charge on any atom is 0.410 e. The van der Waals surface area contributed by atoms with Gasteiger partial charge in [0, 0.05) is 21.5 Å². The Morgan fingerprint density at radius 1 is 1.28 bits per heavy atom. The molecule has 4 rings (SSSR count). The van der Waals surface area contributed by atoms with Gasteiger partial charge in [0.2, 0.25) is 0 Å². The van der Waals surface area contributed by atoms with Crippen molar-refractivity contribution in [3.05, 3.63) is 61.4 Å². The fourth-order valence-corrected chi connectivity index (χ4v) is 4.84. The lowest BCUT2D eigenvalue weighted by Gasteiger charge is -2.25. The molecule has 150 valence electrons. The number of thiophene rings is 1. The molecule has 0 spiro atoms. The molecule has 0 radical (unpaired) electrons. The van der Waals surface area contributed by atoms with E-state index in [4.69, 9.17) is 4.74 Å².